The van der Waals surface area contributed by atoms with Crippen LogP contribution in [0.5, 0.6) is 0 Å². The third kappa shape index (κ3) is 4.68. The molecular weight excluding hydrogens is 443 g/mol. The molecule has 0 radical (unpaired) electrons. The van der Waals surface area contributed by atoms with Gasteiger partial charge in [0, 0.05) is 0 Å². The van der Waals surface area contributed by atoms with Crippen LogP contribution in [0.2, 0.25) is 0 Å². The number of rotatable bonds is 6. The fourth-order valence-electron chi connectivity index (χ4n) is 2.03. The Bertz CT molecular complexity index is 899. The van der Waals surface area contributed by atoms with Crippen molar-refractivity contribution in [1.82, 2.24) is 0 Å². The van der Waals surface area contributed by atoms with E-state index in [-0.39, 0.29) is 10.5 Å². The van der Waals surface area contributed by atoms with Crippen LogP contribution in [-0.4, -0.2) is 20.9 Å². The maximum atomic E-state index is 14.4. The van der Waals surface area contributed by atoms with Crippen LogP contribution in [-0.2, 0) is 38.3 Å². The molecule has 5 nitrogen and oxygen atoms in total. The second kappa shape index (κ2) is 7.68. The Morgan fingerprint density at radius 1 is 1.16 bits per heavy atom. The van der Waals surface area contributed by atoms with Crippen LogP contribution in [0.1, 0.15) is 21.5 Å². The van der Waals surface area contributed by atoms with Crippen molar-refractivity contribution in [2.45, 2.75) is 17.7 Å². The van der Waals surface area contributed by atoms with Crippen LogP contribution < -0.4 is 0 Å². The number of benzene rings is 2. The molecule has 0 N–H and O–H groups in total. The topological polar surface area (TPSA) is 72.8 Å². The zero-order valence-corrected chi connectivity index (χ0v) is 15.4. The Morgan fingerprint density at radius 3 is 2.36 bits per heavy atom. The molecule has 0 bridgehead atoms. The molecule has 25 heavy (non-hydrogen) atoms. The first-order chi connectivity index (χ1) is 11.7. The van der Waals surface area contributed by atoms with Gasteiger partial charge in [0.1, 0.15) is 0 Å². The Balaban J connectivity index is 2.26. The van der Waals surface area contributed by atoms with Crippen molar-refractivity contribution in [3.63, 3.8) is 0 Å². The first-order valence-corrected chi connectivity index (χ1v) is 9.09. The SMILES string of the molecule is Cc1ccc(S(=O)(=O)OCC(F)(F)c2ccccc2C(=O)[N]=[Rh])cc1. The predicted molar refractivity (Wildman–Crippen MR) is 81.4 cm³/mol. The van der Waals surface area contributed by atoms with Gasteiger partial charge in [-0.25, -0.2) is 0 Å². The van der Waals surface area contributed by atoms with Gasteiger partial charge in [0.15, 0.2) is 0 Å². The minimum absolute atomic E-state index is 0.225. The molecule has 0 aliphatic heterocycles. The molecule has 9 heteroatoms. The van der Waals surface area contributed by atoms with Crippen molar-refractivity contribution in [2.75, 3.05) is 6.61 Å². The molecule has 1 amide bonds. The monoisotopic (exact) mass is 456 g/mol. The van der Waals surface area contributed by atoms with E-state index in [1.54, 1.807) is 6.92 Å². The zero-order chi connectivity index (χ0) is 18.7. The molecule has 0 fully saturated rings. The molecule has 0 aliphatic rings. The third-order valence-electron chi connectivity index (χ3n) is 3.32. The summed E-state index contributed by atoms with van der Waals surface area (Å²) in [5.41, 5.74) is -0.162. The number of halogens is 2. The summed E-state index contributed by atoms with van der Waals surface area (Å²) in [4.78, 5) is 11.4. The summed E-state index contributed by atoms with van der Waals surface area (Å²) in [5.74, 6) is -4.57. The fourth-order valence-corrected chi connectivity index (χ4v) is 3.14. The standard InChI is InChI=1S/C16H13F2NO4S.Rh/c1-11-6-8-12(9-7-11)24(21,22)23-10-16(17,18)14-5-3-2-4-13(14)15(19)20;/h2-9H,10H2,1H3;. The summed E-state index contributed by atoms with van der Waals surface area (Å²) in [7, 11) is -4.35. The summed E-state index contributed by atoms with van der Waals surface area (Å²) in [6.45, 7) is 0.331. The van der Waals surface area contributed by atoms with Crippen LogP contribution in [0, 0.1) is 6.92 Å². The molecular formula is C16H13F2NO4RhS. The van der Waals surface area contributed by atoms with E-state index in [0.717, 1.165) is 11.6 Å². The quantitative estimate of drug-likeness (QED) is 0.494. The number of alkyl halides is 2. The molecule has 0 spiro atoms. The van der Waals surface area contributed by atoms with Gasteiger partial charge in [-0.15, -0.1) is 0 Å². The molecule has 2 aromatic carbocycles. The van der Waals surface area contributed by atoms with Crippen molar-refractivity contribution in [3.05, 3.63) is 65.2 Å². The maximum absolute atomic E-state index is 14.4. The molecule has 135 valence electrons. The van der Waals surface area contributed by atoms with Crippen LogP contribution in [0.25, 0.3) is 0 Å². The van der Waals surface area contributed by atoms with Gasteiger partial charge in [0.25, 0.3) is 0 Å². The van der Waals surface area contributed by atoms with E-state index in [1.165, 1.54) is 42.5 Å². The molecule has 2 aromatic rings. The first-order valence-electron chi connectivity index (χ1n) is 6.95. The zero-order valence-electron chi connectivity index (χ0n) is 12.9. The van der Waals surface area contributed by atoms with E-state index in [4.69, 9.17) is 0 Å². The second-order valence-corrected chi connectivity index (χ2v) is 7.14. The Hall–Kier alpha value is -1.70. The van der Waals surface area contributed by atoms with E-state index in [1.807, 2.05) is 18.1 Å². The van der Waals surface area contributed by atoms with Crippen LogP contribution in [0.15, 0.2) is 57.1 Å². The van der Waals surface area contributed by atoms with Crippen molar-refractivity contribution >= 4 is 16.0 Å². The van der Waals surface area contributed by atoms with Gasteiger partial charge in [0.2, 0.25) is 0 Å². The summed E-state index contributed by atoms with van der Waals surface area (Å²) >= 11 is 2.00. The normalized spacial score (nSPS) is 12.0. The molecule has 2 rings (SSSR count). The molecule has 0 saturated heterocycles. The molecule has 0 saturated carbocycles. The summed E-state index contributed by atoms with van der Waals surface area (Å²) < 4.78 is 60.7. The predicted octanol–water partition coefficient (Wildman–Crippen LogP) is 3.36. The first kappa shape index (κ1) is 19.6. The number of hydrogen-bond acceptors (Lipinski definition) is 4. The van der Waals surface area contributed by atoms with Gasteiger partial charge in [-0.05, 0) is 6.92 Å². The number of carbonyl (C=O) groups is 1. The summed E-state index contributed by atoms with van der Waals surface area (Å²) in [5, 5.41) is 0. The number of amides is 1. The van der Waals surface area contributed by atoms with Gasteiger partial charge in [0.05, 0.1) is 0 Å². The number of hydrogen-bond donors (Lipinski definition) is 0. The van der Waals surface area contributed by atoms with E-state index < -0.39 is 34.1 Å². The van der Waals surface area contributed by atoms with Crippen molar-refractivity contribution in [3.8, 4) is 0 Å². The Labute approximate surface area is 153 Å². The number of nitrogens with zero attached hydrogens (tertiary/aromatic N) is 1. The van der Waals surface area contributed by atoms with Crippen LogP contribution in [0.4, 0.5) is 8.78 Å². The Morgan fingerprint density at radius 2 is 1.76 bits per heavy atom. The van der Waals surface area contributed by atoms with E-state index in [9.17, 15) is 22.0 Å². The van der Waals surface area contributed by atoms with Crippen LogP contribution in [0.3, 0.4) is 0 Å². The van der Waals surface area contributed by atoms with Gasteiger partial charge < -0.3 is 0 Å². The molecule has 0 aromatic heterocycles. The number of carbonyl (C=O) groups excluding carboxylic acids is 1. The molecule has 0 heterocycles. The van der Waals surface area contributed by atoms with Crippen molar-refractivity contribution < 1.29 is 44.3 Å². The average molecular weight is 456 g/mol. The molecule has 0 aliphatic carbocycles. The van der Waals surface area contributed by atoms with Gasteiger partial charge in [-0.2, -0.15) is 0 Å². The fraction of sp³-hybridized carbons (Fsp3) is 0.188. The minimum atomic E-state index is -4.35. The van der Waals surface area contributed by atoms with E-state index >= 15 is 0 Å². The van der Waals surface area contributed by atoms with E-state index in [2.05, 4.69) is 7.87 Å². The van der Waals surface area contributed by atoms with Crippen LogP contribution >= 0.6 is 0 Å². The second-order valence-electron chi connectivity index (χ2n) is 5.16. The van der Waals surface area contributed by atoms with E-state index in [0.29, 0.717) is 0 Å². The number of aryl methyl sites for hydroxylation is 1. The van der Waals surface area contributed by atoms with Gasteiger partial charge in [-0.3, -0.25) is 0 Å². The summed E-state index contributed by atoms with van der Waals surface area (Å²) in [6, 6.07) is 10.5. The average Bonchev–Trinajstić information content (AvgIpc) is 2.60. The Kier molecular flexibility index (Phi) is 6.03. The van der Waals surface area contributed by atoms with Gasteiger partial charge >= 0.3 is 147 Å². The van der Waals surface area contributed by atoms with Crippen molar-refractivity contribution in [1.29, 1.82) is 0 Å². The summed E-state index contributed by atoms with van der Waals surface area (Å²) in [6.07, 6.45) is 0. The third-order valence-corrected chi connectivity index (χ3v) is 4.93. The molecule has 0 unspecified atom stereocenters. The van der Waals surface area contributed by atoms with Crippen molar-refractivity contribution in [2.24, 2.45) is 3.68 Å². The van der Waals surface area contributed by atoms with Gasteiger partial charge in [-0.1, -0.05) is 0 Å². The molecule has 0 atom stereocenters.